The Balaban J connectivity index is 0.000000315. The number of likely N-dealkylation sites (tertiary alicyclic amines) is 1. The molecule has 2 fully saturated rings. The minimum absolute atomic E-state index is 0.0718. The average Bonchev–Trinajstić information content (AvgIpc) is 2.71. The van der Waals surface area contributed by atoms with Gasteiger partial charge in [-0.2, -0.15) is 0 Å². The lowest BCUT2D eigenvalue weighted by atomic mass is 9.90. The number of ether oxygens (including phenoxy) is 1. The summed E-state index contributed by atoms with van der Waals surface area (Å²) in [5.41, 5.74) is -0.319. The molecule has 2 aliphatic heterocycles. The molecule has 0 aromatic carbocycles. The molecule has 0 saturated carbocycles. The van der Waals surface area contributed by atoms with Crippen molar-refractivity contribution in [3.8, 4) is 0 Å². The first kappa shape index (κ1) is 17.2. The topological polar surface area (TPSA) is 116 Å². The predicted octanol–water partition coefficient (Wildman–Crippen LogP) is 0.515. The third-order valence-corrected chi connectivity index (χ3v) is 3.30. The first-order valence-electron chi connectivity index (χ1n) is 6.75. The van der Waals surface area contributed by atoms with Crippen molar-refractivity contribution in [3.05, 3.63) is 0 Å². The van der Waals surface area contributed by atoms with Crippen molar-refractivity contribution in [1.82, 2.24) is 10.2 Å². The zero-order chi connectivity index (χ0) is 16.3. The van der Waals surface area contributed by atoms with Crippen LogP contribution < -0.4 is 5.32 Å². The number of carbonyl (C=O) groups excluding carboxylic acids is 1. The molecule has 0 unspecified atom stereocenters. The zero-order valence-corrected chi connectivity index (χ0v) is 12.5. The Labute approximate surface area is 123 Å². The van der Waals surface area contributed by atoms with Crippen molar-refractivity contribution >= 4 is 18.0 Å². The van der Waals surface area contributed by atoms with E-state index < -0.39 is 17.5 Å². The van der Waals surface area contributed by atoms with Crippen LogP contribution in [0, 0.1) is 0 Å². The maximum atomic E-state index is 11.9. The van der Waals surface area contributed by atoms with Gasteiger partial charge in [0.2, 0.25) is 0 Å². The van der Waals surface area contributed by atoms with Crippen LogP contribution in [0.3, 0.4) is 0 Å². The molecule has 0 bridgehead atoms. The van der Waals surface area contributed by atoms with E-state index in [1.54, 1.807) is 0 Å². The summed E-state index contributed by atoms with van der Waals surface area (Å²) in [6, 6.07) is 0. The summed E-state index contributed by atoms with van der Waals surface area (Å²) in [5, 5.41) is 18.0. The zero-order valence-electron chi connectivity index (χ0n) is 12.5. The molecule has 0 aromatic rings. The van der Waals surface area contributed by atoms with Crippen LogP contribution >= 0.6 is 0 Å². The van der Waals surface area contributed by atoms with Gasteiger partial charge in [-0.3, -0.25) is 4.90 Å². The van der Waals surface area contributed by atoms with Gasteiger partial charge in [0, 0.05) is 19.6 Å². The Morgan fingerprint density at radius 3 is 2.00 bits per heavy atom. The second kappa shape index (κ2) is 6.30. The number of carboxylic acid groups (broad SMARTS) is 2. The third kappa shape index (κ3) is 4.59. The van der Waals surface area contributed by atoms with Crippen molar-refractivity contribution < 1.29 is 29.3 Å². The lowest BCUT2D eigenvalue weighted by molar-refractivity contribution is -0.159. The van der Waals surface area contributed by atoms with Gasteiger partial charge in [-0.05, 0) is 33.6 Å². The fourth-order valence-corrected chi connectivity index (χ4v) is 2.32. The van der Waals surface area contributed by atoms with Gasteiger partial charge in [-0.15, -0.1) is 0 Å². The quantitative estimate of drug-likeness (QED) is 0.558. The molecule has 1 spiro atoms. The summed E-state index contributed by atoms with van der Waals surface area (Å²) in [7, 11) is 0. The number of aliphatic carboxylic acids is 2. The molecule has 0 radical (unpaired) electrons. The van der Waals surface area contributed by atoms with Gasteiger partial charge in [0.25, 0.3) is 0 Å². The van der Waals surface area contributed by atoms with E-state index in [4.69, 9.17) is 24.5 Å². The lowest BCUT2D eigenvalue weighted by Gasteiger charge is -2.46. The third-order valence-electron chi connectivity index (χ3n) is 3.30. The Morgan fingerprint density at radius 1 is 1.14 bits per heavy atom. The second-order valence-electron chi connectivity index (χ2n) is 6.17. The SMILES string of the molecule is CC(C)(C)OC(=O)N1CCCC12CNC2.O=C(O)C(=O)O. The molecule has 2 aliphatic rings. The Kier molecular flexibility index (Phi) is 5.16. The van der Waals surface area contributed by atoms with Gasteiger partial charge in [0.15, 0.2) is 0 Å². The van der Waals surface area contributed by atoms with Gasteiger partial charge in [0.05, 0.1) is 5.54 Å². The highest BCUT2D eigenvalue weighted by Gasteiger charge is 2.49. The molecule has 120 valence electrons. The van der Waals surface area contributed by atoms with E-state index in [0.29, 0.717) is 0 Å². The minimum atomic E-state index is -1.82. The molecule has 2 saturated heterocycles. The largest absolute Gasteiger partial charge is 0.473 e. The molecule has 8 nitrogen and oxygen atoms in total. The van der Waals surface area contributed by atoms with E-state index in [1.165, 1.54) is 0 Å². The molecular weight excluding hydrogens is 280 g/mol. The van der Waals surface area contributed by atoms with E-state index in [9.17, 15) is 4.79 Å². The molecule has 0 aromatic heterocycles. The second-order valence-corrected chi connectivity index (χ2v) is 6.17. The normalized spacial score (nSPS) is 19.3. The highest BCUT2D eigenvalue weighted by atomic mass is 16.6. The van der Waals surface area contributed by atoms with E-state index in [-0.39, 0.29) is 11.6 Å². The lowest BCUT2D eigenvalue weighted by Crippen LogP contribution is -2.67. The Hall–Kier alpha value is -1.83. The van der Waals surface area contributed by atoms with Crippen LogP contribution in [-0.2, 0) is 14.3 Å². The number of amides is 1. The highest BCUT2D eigenvalue weighted by molar-refractivity contribution is 6.27. The van der Waals surface area contributed by atoms with Crippen molar-refractivity contribution in [1.29, 1.82) is 0 Å². The van der Waals surface area contributed by atoms with Crippen LogP contribution in [0.2, 0.25) is 0 Å². The number of rotatable bonds is 0. The summed E-state index contributed by atoms with van der Waals surface area (Å²) in [4.78, 5) is 32.1. The number of hydrogen-bond donors (Lipinski definition) is 3. The van der Waals surface area contributed by atoms with Gasteiger partial charge < -0.3 is 20.3 Å². The van der Waals surface area contributed by atoms with Gasteiger partial charge in [-0.1, -0.05) is 0 Å². The summed E-state index contributed by atoms with van der Waals surface area (Å²) in [5.74, 6) is -3.65. The molecule has 1 amide bonds. The summed E-state index contributed by atoms with van der Waals surface area (Å²) in [6.07, 6.45) is 2.06. The summed E-state index contributed by atoms with van der Waals surface area (Å²) < 4.78 is 5.41. The standard InChI is InChI=1S/C11H20N2O2.C2H2O4/c1-10(2,3)15-9(14)13-6-4-5-11(13)7-12-8-11;3-1(4)2(5)6/h12H,4-8H2,1-3H3;(H,3,4)(H,5,6). The van der Waals surface area contributed by atoms with Gasteiger partial charge >= 0.3 is 18.0 Å². The number of nitrogens with zero attached hydrogens (tertiary/aromatic N) is 1. The van der Waals surface area contributed by atoms with E-state index >= 15 is 0 Å². The van der Waals surface area contributed by atoms with Crippen molar-refractivity contribution in [2.24, 2.45) is 0 Å². The molecule has 2 heterocycles. The van der Waals surface area contributed by atoms with Crippen LogP contribution in [-0.4, -0.2) is 63.9 Å². The number of carbonyl (C=O) groups is 3. The molecule has 8 heteroatoms. The maximum Gasteiger partial charge on any atom is 0.414 e. The van der Waals surface area contributed by atoms with Crippen LogP contribution in [0.5, 0.6) is 0 Å². The Morgan fingerprint density at radius 2 is 1.67 bits per heavy atom. The monoisotopic (exact) mass is 302 g/mol. The number of carboxylic acids is 2. The van der Waals surface area contributed by atoms with E-state index in [1.807, 2.05) is 25.7 Å². The van der Waals surface area contributed by atoms with E-state index in [0.717, 1.165) is 32.5 Å². The molecule has 3 N–H and O–H groups in total. The van der Waals surface area contributed by atoms with Crippen LogP contribution in [0.15, 0.2) is 0 Å². The molecule has 0 atom stereocenters. The number of nitrogens with one attached hydrogen (secondary N) is 1. The van der Waals surface area contributed by atoms with Crippen molar-refractivity contribution in [3.63, 3.8) is 0 Å². The summed E-state index contributed by atoms with van der Waals surface area (Å²) in [6.45, 7) is 8.42. The van der Waals surface area contributed by atoms with Gasteiger partial charge in [-0.25, -0.2) is 14.4 Å². The van der Waals surface area contributed by atoms with E-state index in [2.05, 4.69) is 5.32 Å². The van der Waals surface area contributed by atoms with Crippen LogP contribution in [0.25, 0.3) is 0 Å². The minimum Gasteiger partial charge on any atom is -0.473 e. The van der Waals surface area contributed by atoms with Crippen molar-refractivity contribution in [2.75, 3.05) is 19.6 Å². The fraction of sp³-hybridized carbons (Fsp3) is 0.769. The van der Waals surface area contributed by atoms with Crippen LogP contribution in [0.1, 0.15) is 33.6 Å². The average molecular weight is 302 g/mol. The maximum absolute atomic E-state index is 11.9. The molecule has 0 aliphatic carbocycles. The number of hydrogen-bond acceptors (Lipinski definition) is 5. The molecule has 21 heavy (non-hydrogen) atoms. The smallest absolute Gasteiger partial charge is 0.414 e. The fourth-order valence-electron chi connectivity index (χ4n) is 2.32. The van der Waals surface area contributed by atoms with Crippen LogP contribution in [0.4, 0.5) is 4.79 Å². The first-order chi connectivity index (χ1) is 9.57. The molecular formula is C13H22N2O6. The van der Waals surface area contributed by atoms with Gasteiger partial charge in [0.1, 0.15) is 5.60 Å². The first-order valence-corrected chi connectivity index (χ1v) is 6.75. The predicted molar refractivity (Wildman–Crippen MR) is 73.0 cm³/mol. The Bertz CT molecular complexity index is 413. The highest BCUT2D eigenvalue weighted by Crippen LogP contribution is 2.33. The van der Waals surface area contributed by atoms with Crippen molar-refractivity contribution in [2.45, 2.75) is 44.8 Å². The molecule has 2 rings (SSSR count). The summed E-state index contributed by atoms with van der Waals surface area (Å²) >= 11 is 0.